The van der Waals surface area contributed by atoms with Crippen molar-refractivity contribution in [1.29, 1.82) is 5.26 Å². The van der Waals surface area contributed by atoms with Crippen LogP contribution >= 0.6 is 0 Å². The zero-order chi connectivity index (χ0) is 21.7. The topological polar surface area (TPSA) is 140 Å². The first kappa shape index (κ1) is 21.2. The van der Waals surface area contributed by atoms with E-state index in [1.165, 1.54) is 18.7 Å². The van der Waals surface area contributed by atoms with Crippen molar-refractivity contribution < 1.29 is 9.90 Å². The fourth-order valence-electron chi connectivity index (χ4n) is 3.63. The van der Waals surface area contributed by atoms with Gasteiger partial charge in [-0.2, -0.15) is 5.26 Å². The summed E-state index contributed by atoms with van der Waals surface area (Å²) < 4.78 is 0. The molecule has 10 nitrogen and oxygen atoms in total. The van der Waals surface area contributed by atoms with E-state index in [0.29, 0.717) is 36.5 Å². The minimum absolute atomic E-state index is 0.0202. The van der Waals surface area contributed by atoms with Crippen LogP contribution < -0.4 is 10.6 Å². The second-order valence-electron chi connectivity index (χ2n) is 8.44. The monoisotopic (exact) mass is 410 g/mol. The van der Waals surface area contributed by atoms with E-state index in [9.17, 15) is 9.90 Å². The molecule has 3 heterocycles. The van der Waals surface area contributed by atoms with Gasteiger partial charge in [0, 0.05) is 25.2 Å². The molecule has 30 heavy (non-hydrogen) atoms. The van der Waals surface area contributed by atoms with Gasteiger partial charge in [0.15, 0.2) is 5.69 Å². The van der Waals surface area contributed by atoms with Crippen molar-refractivity contribution in [3.63, 3.8) is 0 Å². The molecule has 1 aliphatic heterocycles. The maximum absolute atomic E-state index is 11.6. The Hall–Kier alpha value is -3.48. The second-order valence-corrected chi connectivity index (χ2v) is 8.44. The molecule has 1 saturated heterocycles. The van der Waals surface area contributed by atoms with Crippen LogP contribution in [0.5, 0.6) is 0 Å². The van der Waals surface area contributed by atoms with E-state index in [1.807, 2.05) is 6.07 Å². The van der Waals surface area contributed by atoms with Gasteiger partial charge in [0.25, 0.3) is 0 Å². The van der Waals surface area contributed by atoms with E-state index in [0.717, 1.165) is 12.8 Å². The number of carboxylic acid groups (broad SMARTS) is 1. The predicted octanol–water partition coefficient (Wildman–Crippen LogP) is 3.10. The Bertz CT molecular complexity index is 920. The van der Waals surface area contributed by atoms with Gasteiger partial charge in [-0.15, -0.1) is 0 Å². The molecule has 2 unspecified atom stereocenters. The summed E-state index contributed by atoms with van der Waals surface area (Å²) in [6, 6.07) is 3.67. The number of nitrogens with one attached hydrogen (secondary N) is 2. The quantitative estimate of drug-likeness (QED) is 0.678. The van der Waals surface area contributed by atoms with Crippen molar-refractivity contribution in [2.75, 3.05) is 23.7 Å². The highest BCUT2D eigenvalue weighted by Gasteiger charge is 2.38. The highest BCUT2D eigenvalue weighted by Crippen LogP contribution is 2.34. The number of amides is 1. The number of nitrogens with zero attached hydrogens (tertiary/aromatic N) is 6. The lowest BCUT2D eigenvalue weighted by atomic mass is 9.77. The summed E-state index contributed by atoms with van der Waals surface area (Å²) in [4.78, 5) is 29.7. The fourth-order valence-corrected chi connectivity index (χ4v) is 3.63. The molecule has 2 aromatic heterocycles. The van der Waals surface area contributed by atoms with Gasteiger partial charge in [0.1, 0.15) is 29.9 Å². The fraction of sp³-hybridized carbons (Fsp3) is 0.500. The molecule has 3 N–H and O–H groups in total. The summed E-state index contributed by atoms with van der Waals surface area (Å²) >= 11 is 0. The molecule has 0 aliphatic carbocycles. The molecule has 0 bridgehead atoms. The molecule has 2 atom stereocenters. The third-order valence-electron chi connectivity index (χ3n) is 5.22. The van der Waals surface area contributed by atoms with Crippen LogP contribution in [0.1, 0.15) is 39.3 Å². The summed E-state index contributed by atoms with van der Waals surface area (Å²) in [6.07, 6.45) is 5.07. The number of likely N-dealkylation sites (tertiary alicyclic amines) is 1. The minimum atomic E-state index is -0.848. The molecule has 0 radical (unpaired) electrons. The Kier molecular flexibility index (Phi) is 6.30. The highest BCUT2D eigenvalue weighted by molar-refractivity contribution is 5.65. The molecule has 0 spiro atoms. The molecule has 2 aromatic rings. The molecular formula is C20H26N8O2. The summed E-state index contributed by atoms with van der Waals surface area (Å²) in [6.45, 7) is 7.48. The maximum Gasteiger partial charge on any atom is 0.407 e. The number of hydrogen-bond donors (Lipinski definition) is 3. The lowest BCUT2D eigenvalue weighted by Crippen LogP contribution is -2.52. The molecule has 1 aliphatic rings. The van der Waals surface area contributed by atoms with Gasteiger partial charge in [0.2, 0.25) is 0 Å². The average Bonchev–Trinajstić information content (AvgIpc) is 2.72. The van der Waals surface area contributed by atoms with Gasteiger partial charge < -0.3 is 20.6 Å². The number of anilines is 3. The van der Waals surface area contributed by atoms with Crippen LogP contribution in [0.25, 0.3) is 0 Å². The molecular weight excluding hydrogens is 384 g/mol. The molecule has 10 heteroatoms. The molecule has 0 saturated carbocycles. The van der Waals surface area contributed by atoms with Gasteiger partial charge in [-0.05, 0) is 24.2 Å². The number of aromatic nitrogens is 4. The molecule has 0 aromatic carbocycles. The normalized spacial score (nSPS) is 19.1. The summed E-state index contributed by atoms with van der Waals surface area (Å²) in [7, 11) is 0. The SMILES string of the molecule is CC(C)(C)C1CC(CNc2cc(Nc3cnc(C#N)cn3)ncn2)CCN1C(=O)O. The van der Waals surface area contributed by atoms with E-state index in [1.54, 1.807) is 11.0 Å². The number of rotatable bonds is 5. The predicted molar refractivity (Wildman–Crippen MR) is 111 cm³/mol. The Balaban J connectivity index is 1.60. The summed E-state index contributed by atoms with van der Waals surface area (Å²) in [5.41, 5.74) is 0.124. The first-order valence-electron chi connectivity index (χ1n) is 9.81. The number of hydrogen-bond acceptors (Lipinski definition) is 8. The van der Waals surface area contributed by atoms with Crippen molar-refractivity contribution in [2.24, 2.45) is 11.3 Å². The first-order valence-corrected chi connectivity index (χ1v) is 9.81. The van der Waals surface area contributed by atoms with Gasteiger partial charge in [-0.3, -0.25) is 0 Å². The average molecular weight is 410 g/mol. The zero-order valence-corrected chi connectivity index (χ0v) is 17.3. The van der Waals surface area contributed by atoms with Crippen molar-refractivity contribution in [3.05, 3.63) is 30.5 Å². The van der Waals surface area contributed by atoms with E-state index < -0.39 is 6.09 Å². The van der Waals surface area contributed by atoms with Crippen LogP contribution in [0, 0.1) is 22.7 Å². The van der Waals surface area contributed by atoms with E-state index in [2.05, 4.69) is 51.3 Å². The second kappa shape index (κ2) is 8.90. The smallest absolute Gasteiger partial charge is 0.407 e. The van der Waals surface area contributed by atoms with Crippen LogP contribution in [-0.2, 0) is 0 Å². The van der Waals surface area contributed by atoms with Crippen molar-refractivity contribution in [2.45, 2.75) is 39.7 Å². The molecule has 1 fully saturated rings. The minimum Gasteiger partial charge on any atom is -0.465 e. The lowest BCUT2D eigenvalue weighted by Gasteiger charge is -2.44. The Morgan fingerprint density at radius 2 is 2.00 bits per heavy atom. The third kappa shape index (κ3) is 5.31. The van der Waals surface area contributed by atoms with Crippen LogP contribution in [0.2, 0.25) is 0 Å². The summed E-state index contributed by atoms with van der Waals surface area (Å²) in [5, 5.41) is 24.7. The van der Waals surface area contributed by atoms with Gasteiger partial charge in [-0.25, -0.2) is 24.7 Å². The Morgan fingerprint density at radius 1 is 1.23 bits per heavy atom. The molecule has 158 valence electrons. The van der Waals surface area contributed by atoms with E-state index >= 15 is 0 Å². The van der Waals surface area contributed by atoms with Gasteiger partial charge in [-0.1, -0.05) is 20.8 Å². The zero-order valence-electron chi connectivity index (χ0n) is 17.3. The number of carbonyl (C=O) groups is 1. The van der Waals surface area contributed by atoms with Gasteiger partial charge in [0.05, 0.1) is 12.4 Å². The van der Waals surface area contributed by atoms with E-state index in [4.69, 9.17) is 5.26 Å². The highest BCUT2D eigenvalue weighted by atomic mass is 16.4. The molecule has 1 amide bonds. The third-order valence-corrected chi connectivity index (χ3v) is 5.22. The van der Waals surface area contributed by atoms with Crippen molar-refractivity contribution in [1.82, 2.24) is 24.8 Å². The van der Waals surface area contributed by atoms with Crippen molar-refractivity contribution in [3.8, 4) is 6.07 Å². The first-order chi connectivity index (χ1) is 14.3. The van der Waals surface area contributed by atoms with Crippen LogP contribution in [0.15, 0.2) is 24.8 Å². The maximum atomic E-state index is 11.6. The van der Waals surface area contributed by atoms with Crippen LogP contribution in [-0.4, -0.2) is 55.2 Å². The van der Waals surface area contributed by atoms with Crippen molar-refractivity contribution >= 4 is 23.5 Å². The lowest BCUT2D eigenvalue weighted by molar-refractivity contribution is 0.0428. The largest absolute Gasteiger partial charge is 0.465 e. The summed E-state index contributed by atoms with van der Waals surface area (Å²) in [5.74, 6) is 2.05. The Labute approximate surface area is 175 Å². The molecule has 3 rings (SSSR count). The van der Waals surface area contributed by atoms with Gasteiger partial charge >= 0.3 is 6.09 Å². The van der Waals surface area contributed by atoms with Crippen LogP contribution in [0.4, 0.5) is 22.2 Å². The van der Waals surface area contributed by atoms with Crippen LogP contribution in [0.3, 0.4) is 0 Å². The standard InChI is InChI=1S/C20H26N8O2/c1-20(2,3)15-6-13(4-5-28(15)19(29)30)9-23-16-7-17(26-12-25-16)27-18-11-22-14(8-21)10-24-18/h7,10-13,15H,4-6,9H2,1-3H3,(H,29,30)(H2,23,24,25,26,27). The number of piperidine rings is 1. The Morgan fingerprint density at radius 3 is 2.63 bits per heavy atom. The van der Waals surface area contributed by atoms with E-state index in [-0.39, 0.29) is 17.2 Å². The number of nitriles is 1.